The van der Waals surface area contributed by atoms with Crippen LogP contribution in [0.2, 0.25) is 0 Å². The minimum Gasteiger partial charge on any atom is -0.497 e. The molecule has 0 radical (unpaired) electrons. The SMILES string of the molecule is COc1cccc(CNC(=O)CSc2nc3ccccc3c(=O)n2-c2ccc(F)cc2F)c1. The molecule has 168 valence electrons. The van der Waals surface area contributed by atoms with Crippen molar-refractivity contribution in [3.8, 4) is 11.4 Å². The average molecular weight is 467 g/mol. The molecular formula is C24H19F2N3O3S. The first-order valence-electron chi connectivity index (χ1n) is 9.96. The molecule has 0 spiro atoms. The zero-order valence-corrected chi connectivity index (χ0v) is 18.4. The van der Waals surface area contributed by atoms with Crippen molar-refractivity contribution in [3.05, 3.63) is 94.3 Å². The van der Waals surface area contributed by atoms with Crippen molar-refractivity contribution in [1.82, 2.24) is 14.9 Å². The molecule has 0 aliphatic rings. The number of halogens is 2. The highest BCUT2D eigenvalue weighted by atomic mass is 32.2. The number of ether oxygens (including phenoxy) is 1. The second-order valence-electron chi connectivity index (χ2n) is 7.06. The van der Waals surface area contributed by atoms with Crippen LogP contribution in [0.3, 0.4) is 0 Å². The number of carbonyl (C=O) groups excluding carboxylic acids is 1. The minimum absolute atomic E-state index is 0.0580. The summed E-state index contributed by atoms with van der Waals surface area (Å²) in [6.45, 7) is 0.293. The number of hydrogen-bond acceptors (Lipinski definition) is 5. The van der Waals surface area contributed by atoms with Gasteiger partial charge < -0.3 is 10.1 Å². The van der Waals surface area contributed by atoms with Gasteiger partial charge in [-0.3, -0.25) is 14.2 Å². The van der Waals surface area contributed by atoms with Gasteiger partial charge in [-0.2, -0.15) is 0 Å². The number of nitrogens with one attached hydrogen (secondary N) is 1. The van der Waals surface area contributed by atoms with Crippen molar-refractivity contribution >= 4 is 28.6 Å². The topological polar surface area (TPSA) is 73.2 Å². The third kappa shape index (κ3) is 5.04. The molecule has 33 heavy (non-hydrogen) atoms. The maximum Gasteiger partial charge on any atom is 0.266 e. The largest absolute Gasteiger partial charge is 0.497 e. The van der Waals surface area contributed by atoms with Gasteiger partial charge in [-0.15, -0.1) is 0 Å². The van der Waals surface area contributed by atoms with Crippen LogP contribution < -0.4 is 15.6 Å². The number of benzene rings is 3. The number of nitrogens with zero attached hydrogens (tertiary/aromatic N) is 2. The van der Waals surface area contributed by atoms with Gasteiger partial charge in [-0.25, -0.2) is 13.8 Å². The molecule has 0 saturated carbocycles. The Bertz CT molecular complexity index is 1390. The van der Waals surface area contributed by atoms with Gasteiger partial charge in [0, 0.05) is 12.6 Å². The Morgan fingerprint density at radius 2 is 1.91 bits per heavy atom. The molecule has 0 aliphatic heterocycles. The molecule has 0 saturated heterocycles. The molecule has 4 aromatic rings. The Hall–Kier alpha value is -3.72. The second-order valence-corrected chi connectivity index (χ2v) is 8.01. The molecule has 0 fully saturated rings. The van der Waals surface area contributed by atoms with E-state index in [-0.39, 0.29) is 27.9 Å². The zero-order valence-electron chi connectivity index (χ0n) is 17.5. The lowest BCUT2D eigenvalue weighted by Crippen LogP contribution is -2.26. The summed E-state index contributed by atoms with van der Waals surface area (Å²) >= 11 is 0.989. The van der Waals surface area contributed by atoms with Crippen LogP contribution in [0.4, 0.5) is 8.78 Å². The number of fused-ring (bicyclic) bond motifs is 1. The van der Waals surface area contributed by atoms with Gasteiger partial charge in [0.15, 0.2) is 5.16 Å². The van der Waals surface area contributed by atoms with Crippen molar-refractivity contribution < 1.29 is 18.3 Å². The Labute approximate surface area is 192 Å². The van der Waals surface area contributed by atoms with Gasteiger partial charge in [-0.1, -0.05) is 36.0 Å². The predicted molar refractivity (Wildman–Crippen MR) is 123 cm³/mol. The number of aromatic nitrogens is 2. The number of amides is 1. The summed E-state index contributed by atoms with van der Waals surface area (Å²) in [7, 11) is 1.56. The maximum absolute atomic E-state index is 14.5. The quantitative estimate of drug-likeness (QED) is 0.328. The fraction of sp³-hybridized carbons (Fsp3) is 0.125. The Kier molecular flexibility index (Phi) is 6.69. The molecule has 4 rings (SSSR count). The summed E-state index contributed by atoms with van der Waals surface area (Å²) in [5.74, 6) is -1.33. The van der Waals surface area contributed by atoms with Gasteiger partial charge in [0.2, 0.25) is 5.91 Å². The van der Waals surface area contributed by atoms with Crippen LogP contribution in [-0.2, 0) is 11.3 Å². The van der Waals surface area contributed by atoms with Gasteiger partial charge in [0.25, 0.3) is 5.56 Å². The van der Waals surface area contributed by atoms with Crippen LogP contribution >= 0.6 is 11.8 Å². The lowest BCUT2D eigenvalue weighted by Gasteiger charge is -2.14. The van der Waals surface area contributed by atoms with E-state index in [4.69, 9.17) is 4.74 Å². The zero-order chi connectivity index (χ0) is 23.4. The standard InChI is InChI=1S/C24H19F2N3O3S/c1-32-17-6-4-5-15(11-17)13-27-22(30)14-33-24-28-20-8-3-2-7-18(20)23(31)29(24)21-10-9-16(25)12-19(21)26/h2-12H,13-14H2,1H3,(H,27,30). The molecule has 0 unspecified atom stereocenters. The molecule has 1 aromatic heterocycles. The highest BCUT2D eigenvalue weighted by Gasteiger charge is 2.17. The first-order valence-corrected chi connectivity index (χ1v) is 10.9. The highest BCUT2D eigenvalue weighted by Crippen LogP contribution is 2.23. The summed E-state index contributed by atoms with van der Waals surface area (Å²) < 4.78 is 34.2. The molecule has 3 aromatic carbocycles. The summed E-state index contributed by atoms with van der Waals surface area (Å²) in [5.41, 5.74) is 0.631. The number of hydrogen-bond donors (Lipinski definition) is 1. The minimum atomic E-state index is -0.904. The summed E-state index contributed by atoms with van der Waals surface area (Å²) in [4.78, 5) is 30.0. The van der Waals surface area contributed by atoms with Gasteiger partial charge >= 0.3 is 0 Å². The van der Waals surface area contributed by atoms with E-state index in [9.17, 15) is 18.4 Å². The molecule has 1 amide bonds. The van der Waals surface area contributed by atoms with E-state index >= 15 is 0 Å². The fourth-order valence-electron chi connectivity index (χ4n) is 3.25. The molecule has 0 aliphatic carbocycles. The fourth-order valence-corrected chi connectivity index (χ4v) is 4.08. The Balaban J connectivity index is 1.60. The summed E-state index contributed by atoms with van der Waals surface area (Å²) in [6, 6.07) is 16.9. The third-order valence-electron chi connectivity index (χ3n) is 4.85. The molecule has 0 bridgehead atoms. The van der Waals surface area contributed by atoms with Crippen LogP contribution in [0.1, 0.15) is 5.56 Å². The molecule has 1 heterocycles. The normalized spacial score (nSPS) is 10.9. The van der Waals surface area contributed by atoms with Crippen LogP contribution in [-0.4, -0.2) is 28.3 Å². The van der Waals surface area contributed by atoms with Crippen LogP contribution in [0, 0.1) is 11.6 Å². The van der Waals surface area contributed by atoms with Crippen LogP contribution in [0.25, 0.3) is 16.6 Å². The maximum atomic E-state index is 14.5. The number of rotatable bonds is 7. The number of carbonyl (C=O) groups is 1. The van der Waals surface area contributed by atoms with Crippen molar-refractivity contribution in [2.75, 3.05) is 12.9 Å². The first-order chi connectivity index (χ1) is 16.0. The van der Waals surface area contributed by atoms with Gasteiger partial charge in [-0.05, 0) is 42.0 Å². The van der Waals surface area contributed by atoms with Crippen molar-refractivity contribution in [3.63, 3.8) is 0 Å². The Morgan fingerprint density at radius 1 is 1.09 bits per heavy atom. The highest BCUT2D eigenvalue weighted by molar-refractivity contribution is 7.99. The van der Waals surface area contributed by atoms with E-state index in [2.05, 4.69) is 10.3 Å². The summed E-state index contributed by atoms with van der Waals surface area (Å²) in [5, 5.41) is 3.21. The van der Waals surface area contributed by atoms with Crippen LogP contribution in [0.15, 0.2) is 76.7 Å². The number of methoxy groups -OCH3 is 1. The predicted octanol–water partition coefficient (Wildman–Crippen LogP) is 4.08. The Morgan fingerprint density at radius 3 is 2.70 bits per heavy atom. The van der Waals surface area contributed by atoms with E-state index in [1.54, 1.807) is 37.4 Å². The van der Waals surface area contributed by atoms with Gasteiger partial charge in [0.05, 0.1) is 29.5 Å². The average Bonchev–Trinajstić information content (AvgIpc) is 2.82. The van der Waals surface area contributed by atoms with Crippen LogP contribution in [0.5, 0.6) is 5.75 Å². The second kappa shape index (κ2) is 9.83. The molecule has 0 atom stereocenters. The smallest absolute Gasteiger partial charge is 0.266 e. The molecule has 1 N–H and O–H groups in total. The molecular weight excluding hydrogens is 448 g/mol. The summed E-state index contributed by atoms with van der Waals surface area (Å²) in [6.07, 6.45) is 0. The lowest BCUT2D eigenvalue weighted by molar-refractivity contribution is -0.118. The first kappa shape index (κ1) is 22.5. The van der Waals surface area contributed by atoms with E-state index in [1.807, 2.05) is 18.2 Å². The molecule has 9 heteroatoms. The van der Waals surface area contributed by atoms with Crippen molar-refractivity contribution in [2.24, 2.45) is 0 Å². The third-order valence-corrected chi connectivity index (χ3v) is 5.79. The number of thioether (sulfide) groups is 1. The lowest BCUT2D eigenvalue weighted by atomic mass is 10.2. The molecule has 6 nitrogen and oxygen atoms in total. The van der Waals surface area contributed by atoms with Crippen molar-refractivity contribution in [1.29, 1.82) is 0 Å². The van der Waals surface area contributed by atoms with E-state index in [1.165, 1.54) is 6.07 Å². The van der Waals surface area contributed by atoms with Gasteiger partial charge in [0.1, 0.15) is 17.4 Å². The van der Waals surface area contributed by atoms with E-state index in [0.29, 0.717) is 23.9 Å². The van der Waals surface area contributed by atoms with Crippen molar-refractivity contribution in [2.45, 2.75) is 11.7 Å². The monoisotopic (exact) mass is 467 g/mol. The number of para-hydroxylation sites is 1. The van der Waals surface area contributed by atoms with E-state index < -0.39 is 17.2 Å². The van der Waals surface area contributed by atoms with E-state index in [0.717, 1.165) is 28.0 Å².